The Bertz CT molecular complexity index is 1230. The first-order valence-electron chi connectivity index (χ1n) is 13.4. The lowest BCUT2D eigenvalue weighted by Crippen LogP contribution is -2.56. The first-order chi connectivity index (χ1) is 18.8. The summed E-state index contributed by atoms with van der Waals surface area (Å²) in [4.78, 5) is 31.4. The molecular formula is C31H32F3N3O2. The Morgan fingerprint density at radius 3 is 2.00 bits per heavy atom. The van der Waals surface area contributed by atoms with Gasteiger partial charge in [0, 0.05) is 18.3 Å². The minimum Gasteiger partial charge on any atom is -0.332 e. The van der Waals surface area contributed by atoms with Gasteiger partial charge in [0.25, 0.3) is 0 Å². The summed E-state index contributed by atoms with van der Waals surface area (Å²) in [7, 11) is 0. The predicted octanol–water partition coefficient (Wildman–Crippen LogP) is 5.40. The van der Waals surface area contributed by atoms with E-state index >= 15 is 0 Å². The Morgan fingerprint density at radius 2 is 1.46 bits per heavy atom. The van der Waals surface area contributed by atoms with E-state index in [1.807, 2.05) is 60.7 Å². The van der Waals surface area contributed by atoms with E-state index in [0.29, 0.717) is 44.6 Å². The largest absolute Gasteiger partial charge is 0.416 e. The van der Waals surface area contributed by atoms with Crippen molar-refractivity contribution in [2.24, 2.45) is 0 Å². The van der Waals surface area contributed by atoms with Gasteiger partial charge in [-0.25, -0.2) is 0 Å². The van der Waals surface area contributed by atoms with Crippen LogP contribution in [0.25, 0.3) is 0 Å². The summed E-state index contributed by atoms with van der Waals surface area (Å²) in [5.74, 6) is -0.413. The van der Waals surface area contributed by atoms with Gasteiger partial charge in [-0.1, -0.05) is 60.7 Å². The molecule has 204 valence electrons. The molecule has 2 aliphatic heterocycles. The summed E-state index contributed by atoms with van der Waals surface area (Å²) in [6.45, 7) is 1.73. The molecule has 2 amide bonds. The number of anilines is 1. The number of rotatable bonds is 6. The van der Waals surface area contributed by atoms with Gasteiger partial charge in [0.15, 0.2) is 0 Å². The van der Waals surface area contributed by atoms with E-state index in [0.717, 1.165) is 29.7 Å². The number of benzene rings is 3. The maximum Gasteiger partial charge on any atom is 0.416 e. The molecule has 2 fully saturated rings. The first-order valence-corrected chi connectivity index (χ1v) is 13.4. The van der Waals surface area contributed by atoms with E-state index in [9.17, 15) is 22.8 Å². The maximum absolute atomic E-state index is 14.3. The molecule has 3 aromatic rings. The van der Waals surface area contributed by atoms with E-state index in [1.54, 1.807) is 9.80 Å². The van der Waals surface area contributed by atoms with Crippen LogP contribution in [0, 0.1) is 0 Å². The first kappa shape index (κ1) is 26.9. The average molecular weight is 536 g/mol. The highest BCUT2D eigenvalue weighted by molar-refractivity contribution is 6.00. The van der Waals surface area contributed by atoms with Crippen LogP contribution in [0.5, 0.6) is 0 Å². The molecule has 2 saturated heterocycles. The quantitative estimate of drug-likeness (QED) is 0.460. The highest BCUT2D eigenvalue weighted by atomic mass is 19.4. The molecule has 0 radical (unpaired) electrons. The summed E-state index contributed by atoms with van der Waals surface area (Å²) >= 11 is 0. The molecule has 0 spiro atoms. The van der Waals surface area contributed by atoms with Crippen LogP contribution in [0.3, 0.4) is 0 Å². The van der Waals surface area contributed by atoms with Crippen molar-refractivity contribution in [2.45, 2.75) is 43.3 Å². The van der Waals surface area contributed by atoms with Gasteiger partial charge in [0.05, 0.1) is 11.0 Å². The van der Waals surface area contributed by atoms with E-state index in [4.69, 9.17) is 0 Å². The van der Waals surface area contributed by atoms with Crippen molar-refractivity contribution in [3.8, 4) is 0 Å². The number of nitrogens with one attached hydrogen (secondary N) is 1. The Kier molecular flexibility index (Phi) is 7.75. The second-order valence-electron chi connectivity index (χ2n) is 10.3. The molecule has 0 bridgehead atoms. The molecule has 0 unspecified atom stereocenters. The van der Waals surface area contributed by atoms with E-state index in [-0.39, 0.29) is 24.4 Å². The molecule has 1 N–H and O–H groups in total. The summed E-state index contributed by atoms with van der Waals surface area (Å²) in [5, 5.41) is 3.27. The molecule has 0 atom stereocenters. The number of amides is 2. The molecule has 2 heterocycles. The molecular weight excluding hydrogens is 503 g/mol. The number of likely N-dealkylation sites (tertiary alicyclic amines) is 1. The lowest BCUT2D eigenvalue weighted by Gasteiger charge is -2.43. The van der Waals surface area contributed by atoms with Gasteiger partial charge >= 0.3 is 6.18 Å². The Hall–Kier alpha value is -3.65. The molecule has 0 aliphatic carbocycles. The van der Waals surface area contributed by atoms with E-state index < -0.39 is 17.2 Å². The van der Waals surface area contributed by atoms with Crippen molar-refractivity contribution < 1.29 is 22.8 Å². The lowest BCUT2D eigenvalue weighted by atomic mass is 9.68. The summed E-state index contributed by atoms with van der Waals surface area (Å²) in [5.41, 5.74) is 0.523. The Morgan fingerprint density at radius 1 is 0.897 bits per heavy atom. The average Bonchev–Trinajstić information content (AvgIpc) is 2.96. The third-order valence-electron chi connectivity index (χ3n) is 7.91. The Labute approximate surface area is 226 Å². The Balaban J connectivity index is 1.46. The number of carbonyl (C=O) groups excluding carboxylic acids is 2. The molecule has 0 saturated carbocycles. The normalized spacial score (nSPS) is 18.1. The zero-order chi connectivity index (χ0) is 27.5. The van der Waals surface area contributed by atoms with Crippen LogP contribution in [0.2, 0.25) is 0 Å². The molecule has 2 aliphatic rings. The SMILES string of the molecule is O=C(CN1CCCC(c2ccccc2)(c2ccccc2)C1=O)N(c1ccc(C(F)(F)F)cc1)C1CCNCC1. The zero-order valence-electron chi connectivity index (χ0n) is 21.7. The third kappa shape index (κ3) is 5.43. The molecule has 0 aromatic heterocycles. The second kappa shape index (κ2) is 11.2. The number of nitrogens with zero attached hydrogens (tertiary/aromatic N) is 2. The van der Waals surface area contributed by atoms with E-state index in [2.05, 4.69) is 5.32 Å². The molecule has 39 heavy (non-hydrogen) atoms. The zero-order valence-corrected chi connectivity index (χ0v) is 21.7. The van der Waals surface area contributed by atoms with Gasteiger partial charge in [-0.05, 0) is 74.2 Å². The van der Waals surface area contributed by atoms with Crippen LogP contribution in [0.15, 0.2) is 84.9 Å². The molecule has 3 aromatic carbocycles. The fraction of sp³-hybridized carbons (Fsp3) is 0.355. The monoisotopic (exact) mass is 535 g/mol. The summed E-state index contributed by atoms with van der Waals surface area (Å²) < 4.78 is 39.6. The third-order valence-corrected chi connectivity index (χ3v) is 7.91. The number of alkyl halides is 3. The van der Waals surface area contributed by atoms with Crippen LogP contribution in [-0.2, 0) is 21.2 Å². The topological polar surface area (TPSA) is 52.7 Å². The van der Waals surface area contributed by atoms with Crippen LogP contribution in [0.4, 0.5) is 18.9 Å². The van der Waals surface area contributed by atoms with Crippen molar-refractivity contribution in [1.29, 1.82) is 0 Å². The van der Waals surface area contributed by atoms with Crippen LogP contribution < -0.4 is 10.2 Å². The van der Waals surface area contributed by atoms with Crippen LogP contribution in [-0.4, -0.2) is 48.9 Å². The van der Waals surface area contributed by atoms with Crippen molar-refractivity contribution in [1.82, 2.24) is 10.2 Å². The van der Waals surface area contributed by atoms with Gasteiger partial charge in [-0.2, -0.15) is 13.2 Å². The highest BCUT2D eigenvalue weighted by Gasteiger charge is 2.47. The molecule has 5 rings (SSSR count). The summed E-state index contributed by atoms with van der Waals surface area (Å²) in [6.07, 6.45) is -1.75. The van der Waals surface area contributed by atoms with Gasteiger partial charge < -0.3 is 15.1 Å². The van der Waals surface area contributed by atoms with Crippen LogP contribution in [0.1, 0.15) is 42.4 Å². The van der Waals surface area contributed by atoms with Gasteiger partial charge in [0.2, 0.25) is 11.8 Å². The number of piperidine rings is 2. The van der Waals surface area contributed by atoms with Crippen molar-refractivity contribution in [2.75, 3.05) is 31.1 Å². The minimum absolute atomic E-state index is 0.128. The smallest absolute Gasteiger partial charge is 0.332 e. The number of hydrogen-bond donors (Lipinski definition) is 1. The van der Waals surface area contributed by atoms with E-state index in [1.165, 1.54) is 12.1 Å². The van der Waals surface area contributed by atoms with Crippen molar-refractivity contribution in [3.05, 3.63) is 102 Å². The highest BCUT2D eigenvalue weighted by Crippen LogP contribution is 2.41. The number of hydrogen-bond acceptors (Lipinski definition) is 3. The van der Waals surface area contributed by atoms with Crippen molar-refractivity contribution >= 4 is 17.5 Å². The number of halogens is 3. The van der Waals surface area contributed by atoms with Gasteiger partial charge in [-0.3, -0.25) is 9.59 Å². The number of carbonyl (C=O) groups is 2. The fourth-order valence-electron chi connectivity index (χ4n) is 5.99. The van der Waals surface area contributed by atoms with Crippen molar-refractivity contribution in [3.63, 3.8) is 0 Å². The summed E-state index contributed by atoms with van der Waals surface area (Å²) in [6, 6.07) is 23.9. The minimum atomic E-state index is -4.46. The molecule has 5 nitrogen and oxygen atoms in total. The van der Waals surface area contributed by atoms with Gasteiger partial charge in [0.1, 0.15) is 6.54 Å². The predicted molar refractivity (Wildman–Crippen MR) is 144 cm³/mol. The standard InChI is InChI=1S/C31H32F3N3O2/c32-31(33,34)25-12-14-26(15-13-25)37(27-16-19-35-20-17-27)28(38)22-36-21-7-18-30(29(36)39,23-8-3-1-4-9-23)24-10-5-2-6-11-24/h1-6,8-15,27,35H,7,16-22H2. The van der Waals surface area contributed by atoms with Gasteiger partial charge in [-0.15, -0.1) is 0 Å². The second-order valence-corrected chi connectivity index (χ2v) is 10.3. The fourth-order valence-corrected chi connectivity index (χ4v) is 5.99. The van der Waals surface area contributed by atoms with Crippen LogP contribution >= 0.6 is 0 Å². The molecule has 8 heteroatoms. The maximum atomic E-state index is 14.3. The lowest BCUT2D eigenvalue weighted by molar-refractivity contribution is -0.142.